The molecule has 0 amide bonds. The molecule has 4 nitrogen and oxygen atoms in total. The van der Waals surface area contributed by atoms with E-state index in [-0.39, 0.29) is 0 Å². The van der Waals surface area contributed by atoms with Crippen LogP contribution in [-0.2, 0) is 0 Å². The Bertz CT molecular complexity index is 291. The zero-order valence-corrected chi connectivity index (χ0v) is 5.29. The second kappa shape index (κ2) is 4.22. The third-order valence-corrected chi connectivity index (χ3v) is 0.474. The molecule has 0 bridgehead atoms. The van der Waals surface area contributed by atoms with Crippen molar-refractivity contribution in [2.75, 3.05) is 0 Å². The average molecular weight is 152 g/mol. The van der Waals surface area contributed by atoms with Gasteiger partial charge >= 0.3 is 5.97 Å². The highest BCUT2D eigenvalue weighted by Crippen LogP contribution is 1.85. The van der Waals surface area contributed by atoms with Gasteiger partial charge in [-0.3, -0.25) is 0 Å². The van der Waals surface area contributed by atoms with Crippen LogP contribution in [-0.4, -0.2) is 26.4 Å². The molecular formula is C7H4O4. The summed E-state index contributed by atoms with van der Waals surface area (Å²) in [5.74, 6) is 6.42. The summed E-state index contributed by atoms with van der Waals surface area (Å²) in [5, 5.41) is 32.3. The minimum absolute atomic E-state index is 1.49. The average Bonchev–Trinajstić information content (AvgIpc) is 1.85. The SMILES string of the molecule is OC#CC#CC#CC(O)(O)O. The van der Waals surface area contributed by atoms with Gasteiger partial charge in [0.2, 0.25) is 0 Å². The van der Waals surface area contributed by atoms with Gasteiger partial charge < -0.3 is 20.4 Å². The third kappa shape index (κ3) is 8.36. The number of hydrogen-bond acceptors (Lipinski definition) is 4. The molecular weight excluding hydrogens is 148 g/mol. The number of rotatable bonds is 0. The second-order valence-electron chi connectivity index (χ2n) is 1.37. The predicted molar refractivity (Wildman–Crippen MR) is 34.7 cm³/mol. The van der Waals surface area contributed by atoms with E-state index in [4.69, 9.17) is 20.4 Å². The smallest absolute Gasteiger partial charge is 0.346 e. The van der Waals surface area contributed by atoms with Crippen LogP contribution in [0.2, 0.25) is 0 Å². The highest BCUT2D eigenvalue weighted by atomic mass is 16.7. The third-order valence-electron chi connectivity index (χ3n) is 0.474. The normalized spacial score (nSPS) is 7.55. The lowest BCUT2D eigenvalue weighted by Crippen LogP contribution is -2.23. The van der Waals surface area contributed by atoms with E-state index in [2.05, 4.69) is 0 Å². The molecule has 0 aliphatic heterocycles. The van der Waals surface area contributed by atoms with Crippen LogP contribution in [0.5, 0.6) is 0 Å². The van der Waals surface area contributed by atoms with Crippen LogP contribution < -0.4 is 0 Å². The van der Waals surface area contributed by atoms with Crippen LogP contribution >= 0.6 is 0 Å². The van der Waals surface area contributed by atoms with Crippen LogP contribution in [0.3, 0.4) is 0 Å². The highest BCUT2D eigenvalue weighted by molar-refractivity contribution is 5.35. The van der Waals surface area contributed by atoms with Gasteiger partial charge in [0.1, 0.15) is 6.11 Å². The highest BCUT2D eigenvalue weighted by Gasteiger charge is 2.11. The quantitative estimate of drug-likeness (QED) is 0.238. The molecule has 11 heavy (non-hydrogen) atoms. The summed E-state index contributed by atoms with van der Waals surface area (Å²) in [5.41, 5.74) is 0. The van der Waals surface area contributed by atoms with Crippen LogP contribution in [0.15, 0.2) is 0 Å². The van der Waals surface area contributed by atoms with Gasteiger partial charge in [-0.15, -0.1) is 0 Å². The molecule has 0 spiro atoms. The zero-order valence-electron chi connectivity index (χ0n) is 5.29. The molecule has 0 saturated carbocycles. The number of hydrogen-bond donors (Lipinski definition) is 4. The second-order valence-corrected chi connectivity index (χ2v) is 1.37. The van der Waals surface area contributed by atoms with Crippen LogP contribution in [0.1, 0.15) is 0 Å². The Morgan fingerprint density at radius 2 is 1.36 bits per heavy atom. The van der Waals surface area contributed by atoms with Crippen molar-refractivity contribution in [1.82, 2.24) is 0 Å². The molecule has 0 aliphatic carbocycles. The van der Waals surface area contributed by atoms with Crippen molar-refractivity contribution < 1.29 is 20.4 Å². The fraction of sp³-hybridized carbons (Fsp3) is 0.143. The van der Waals surface area contributed by atoms with Gasteiger partial charge in [-0.05, 0) is 11.8 Å². The summed E-state index contributed by atoms with van der Waals surface area (Å²) in [6.07, 6.45) is 1.49. The van der Waals surface area contributed by atoms with Gasteiger partial charge in [0.25, 0.3) is 0 Å². The van der Waals surface area contributed by atoms with Crippen molar-refractivity contribution in [3.05, 3.63) is 0 Å². The predicted octanol–water partition coefficient (Wildman–Crippen LogP) is -2.04. The molecule has 0 heterocycles. The summed E-state index contributed by atoms with van der Waals surface area (Å²) in [6.45, 7) is 0. The molecule has 0 aliphatic rings. The van der Waals surface area contributed by atoms with E-state index in [9.17, 15) is 0 Å². The lowest BCUT2D eigenvalue weighted by molar-refractivity contribution is -0.265. The number of aliphatic hydroxyl groups is 4. The fourth-order valence-corrected chi connectivity index (χ4v) is 0.206. The van der Waals surface area contributed by atoms with E-state index < -0.39 is 5.97 Å². The van der Waals surface area contributed by atoms with Crippen LogP contribution in [0.4, 0.5) is 0 Å². The first-order valence-corrected chi connectivity index (χ1v) is 2.39. The van der Waals surface area contributed by atoms with Crippen molar-refractivity contribution in [1.29, 1.82) is 0 Å². The summed E-state index contributed by atoms with van der Waals surface area (Å²) >= 11 is 0. The van der Waals surface area contributed by atoms with Gasteiger partial charge in [0.05, 0.1) is 0 Å². The molecule has 0 aromatic carbocycles. The Hall–Kier alpha value is -1.64. The largest absolute Gasteiger partial charge is 0.461 e. The van der Waals surface area contributed by atoms with Gasteiger partial charge in [-0.1, -0.05) is 0 Å². The molecule has 0 aromatic rings. The van der Waals surface area contributed by atoms with Gasteiger partial charge in [0.15, 0.2) is 0 Å². The van der Waals surface area contributed by atoms with E-state index in [1.54, 1.807) is 5.92 Å². The lowest BCUT2D eigenvalue weighted by Gasteiger charge is -2.01. The van der Waals surface area contributed by atoms with Crippen molar-refractivity contribution in [3.8, 4) is 35.7 Å². The minimum Gasteiger partial charge on any atom is -0.461 e. The Kier molecular flexibility index (Phi) is 3.59. The first kappa shape index (κ1) is 9.36. The van der Waals surface area contributed by atoms with Gasteiger partial charge in [-0.2, -0.15) is 0 Å². The van der Waals surface area contributed by atoms with Crippen LogP contribution in [0.25, 0.3) is 0 Å². The van der Waals surface area contributed by atoms with Crippen molar-refractivity contribution in [3.63, 3.8) is 0 Å². The Morgan fingerprint density at radius 3 is 1.82 bits per heavy atom. The van der Waals surface area contributed by atoms with Crippen LogP contribution in [0, 0.1) is 35.7 Å². The Balaban J connectivity index is 4.12. The monoisotopic (exact) mass is 152 g/mol. The summed E-state index contributed by atoms with van der Waals surface area (Å²) in [4.78, 5) is 0. The maximum Gasteiger partial charge on any atom is 0.346 e. The maximum absolute atomic E-state index is 8.16. The maximum atomic E-state index is 8.16. The van der Waals surface area contributed by atoms with E-state index in [1.807, 2.05) is 23.7 Å². The van der Waals surface area contributed by atoms with E-state index in [1.165, 1.54) is 6.11 Å². The molecule has 56 valence electrons. The van der Waals surface area contributed by atoms with Gasteiger partial charge in [-0.25, -0.2) is 0 Å². The first-order valence-electron chi connectivity index (χ1n) is 2.39. The Labute approximate surface area is 63.1 Å². The summed E-state index contributed by atoms with van der Waals surface area (Å²) < 4.78 is 0. The molecule has 0 radical (unpaired) electrons. The minimum atomic E-state index is -3.03. The molecule has 0 fully saturated rings. The molecule has 0 saturated heterocycles. The first-order chi connectivity index (χ1) is 5.06. The molecule has 0 rings (SSSR count). The topological polar surface area (TPSA) is 80.9 Å². The summed E-state index contributed by atoms with van der Waals surface area (Å²) in [6, 6.07) is 0. The Morgan fingerprint density at radius 1 is 0.818 bits per heavy atom. The summed E-state index contributed by atoms with van der Waals surface area (Å²) in [7, 11) is 0. The molecule has 0 atom stereocenters. The van der Waals surface area contributed by atoms with Crippen molar-refractivity contribution in [2.45, 2.75) is 5.97 Å². The molecule has 4 N–H and O–H groups in total. The number of aliphatic hydroxyl groups excluding tert-OH is 1. The van der Waals surface area contributed by atoms with Crippen molar-refractivity contribution in [2.24, 2.45) is 0 Å². The van der Waals surface area contributed by atoms with E-state index >= 15 is 0 Å². The molecule has 0 aromatic heterocycles. The van der Waals surface area contributed by atoms with E-state index in [0.717, 1.165) is 0 Å². The lowest BCUT2D eigenvalue weighted by atomic mass is 10.5. The van der Waals surface area contributed by atoms with Gasteiger partial charge in [0, 0.05) is 17.8 Å². The zero-order chi connectivity index (χ0) is 8.74. The molecule has 0 unspecified atom stereocenters. The fourth-order valence-electron chi connectivity index (χ4n) is 0.206. The standard InChI is InChI=1S/C7H4O4/c8-6-4-2-1-3-5-7(9,10)11/h8-11H. The van der Waals surface area contributed by atoms with E-state index in [0.29, 0.717) is 0 Å². The molecule has 4 heteroatoms. The van der Waals surface area contributed by atoms with Crippen molar-refractivity contribution >= 4 is 0 Å².